The van der Waals surface area contributed by atoms with Crippen LogP contribution in [-0.2, 0) is 0 Å². The Balaban J connectivity index is 2.53. The molecule has 0 nitrogen and oxygen atoms in total. The SMILES string of the molecule is Cc1cc(C(Br)c2cccc(Br)c2Cl)c(C)cc1Cl. The maximum atomic E-state index is 6.36. The van der Waals surface area contributed by atoms with E-state index in [0.29, 0.717) is 0 Å². The molecule has 1 atom stereocenters. The number of aryl methyl sites for hydroxylation is 2. The van der Waals surface area contributed by atoms with Crippen LogP contribution >= 0.6 is 55.1 Å². The molecule has 0 bridgehead atoms. The average Bonchev–Trinajstić information content (AvgIpc) is 2.36. The van der Waals surface area contributed by atoms with Gasteiger partial charge in [0.25, 0.3) is 0 Å². The number of alkyl halides is 1. The van der Waals surface area contributed by atoms with E-state index in [0.717, 1.165) is 31.2 Å². The molecule has 0 aliphatic rings. The highest BCUT2D eigenvalue weighted by Gasteiger charge is 2.18. The summed E-state index contributed by atoms with van der Waals surface area (Å²) in [6, 6.07) is 10.0. The lowest BCUT2D eigenvalue weighted by Crippen LogP contribution is -1.98. The van der Waals surface area contributed by atoms with Crippen molar-refractivity contribution < 1.29 is 0 Å². The Morgan fingerprint density at radius 2 is 1.68 bits per heavy atom. The molecule has 19 heavy (non-hydrogen) atoms. The fraction of sp³-hybridized carbons (Fsp3) is 0.200. The Morgan fingerprint density at radius 3 is 2.37 bits per heavy atom. The van der Waals surface area contributed by atoms with Crippen LogP contribution in [0.4, 0.5) is 0 Å². The van der Waals surface area contributed by atoms with Crippen molar-refractivity contribution in [3.63, 3.8) is 0 Å². The molecule has 0 spiro atoms. The summed E-state index contributed by atoms with van der Waals surface area (Å²) in [5.41, 5.74) is 4.44. The van der Waals surface area contributed by atoms with E-state index in [4.69, 9.17) is 23.2 Å². The molecule has 2 aromatic carbocycles. The van der Waals surface area contributed by atoms with E-state index in [1.807, 2.05) is 31.2 Å². The summed E-state index contributed by atoms with van der Waals surface area (Å²) in [4.78, 5) is 0.0495. The smallest absolute Gasteiger partial charge is 0.0662 e. The third-order valence-electron chi connectivity index (χ3n) is 3.07. The summed E-state index contributed by atoms with van der Waals surface area (Å²) in [5, 5.41) is 1.53. The van der Waals surface area contributed by atoms with Crippen molar-refractivity contribution in [3.8, 4) is 0 Å². The van der Waals surface area contributed by atoms with Gasteiger partial charge in [0.2, 0.25) is 0 Å². The van der Waals surface area contributed by atoms with Crippen LogP contribution in [-0.4, -0.2) is 0 Å². The van der Waals surface area contributed by atoms with Crippen LogP contribution in [0.25, 0.3) is 0 Å². The van der Waals surface area contributed by atoms with E-state index in [9.17, 15) is 0 Å². The molecule has 0 fully saturated rings. The molecule has 0 saturated heterocycles. The summed E-state index contributed by atoms with van der Waals surface area (Å²) >= 11 is 19.7. The highest BCUT2D eigenvalue weighted by Crippen LogP contribution is 2.40. The van der Waals surface area contributed by atoms with Crippen LogP contribution in [0.3, 0.4) is 0 Å². The van der Waals surface area contributed by atoms with Gasteiger partial charge in [0, 0.05) is 9.50 Å². The lowest BCUT2D eigenvalue weighted by Gasteiger charge is -2.17. The van der Waals surface area contributed by atoms with Crippen molar-refractivity contribution in [2.24, 2.45) is 0 Å². The average molecular weight is 423 g/mol. The molecule has 0 heterocycles. The Labute approximate surface area is 140 Å². The minimum Gasteiger partial charge on any atom is -0.0840 e. The Kier molecular flexibility index (Phi) is 4.99. The first-order valence-corrected chi connectivity index (χ1v) is 8.23. The van der Waals surface area contributed by atoms with Gasteiger partial charge < -0.3 is 0 Å². The van der Waals surface area contributed by atoms with E-state index in [1.54, 1.807) is 0 Å². The highest BCUT2D eigenvalue weighted by molar-refractivity contribution is 9.10. The first-order chi connectivity index (χ1) is 8.91. The first-order valence-electron chi connectivity index (χ1n) is 5.76. The summed E-state index contributed by atoms with van der Waals surface area (Å²) in [6.07, 6.45) is 0. The minimum atomic E-state index is 0.0495. The summed E-state index contributed by atoms with van der Waals surface area (Å²) in [7, 11) is 0. The number of hydrogen-bond donors (Lipinski definition) is 0. The van der Waals surface area contributed by atoms with Crippen LogP contribution in [0.15, 0.2) is 34.8 Å². The van der Waals surface area contributed by atoms with Gasteiger partial charge >= 0.3 is 0 Å². The van der Waals surface area contributed by atoms with Crippen molar-refractivity contribution in [2.45, 2.75) is 18.7 Å². The van der Waals surface area contributed by atoms with Gasteiger partial charge in [-0.25, -0.2) is 0 Å². The molecule has 0 aromatic heterocycles. The molecule has 0 N–H and O–H groups in total. The van der Waals surface area contributed by atoms with Crippen LogP contribution in [0.2, 0.25) is 10.0 Å². The van der Waals surface area contributed by atoms with Gasteiger partial charge in [-0.05, 0) is 64.2 Å². The van der Waals surface area contributed by atoms with E-state index >= 15 is 0 Å². The van der Waals surface area contributed by atoms with E-state index in [-0.39, 0.29) is 4.83 Å². The van der Waals surface area contributed by atoms with Crippen molar-refractivity contribution in [3.05, 3.63) is 67.1 Å². The van der Waals surface area contributed by atoms with E-state index < -0.39 is 0 Å². The van der Waals surface area contributed by atoms with Gasteiger partial charge in [-0.1, -0.05) is 57.3 Å². The van der Waals surface area contributed by atoms with Gasteiger partial charge in [-0.2, -0.15) is 0 Å². The van der Waals surface area contributed by atoms with Gasteiger partial charge in [0.05, 0.1) is 9.85 Å². The lowest BCUT2D eigenvalue weighted by molar-refractivity contribution is 1.13. The predicted molar refractivity (Wildman–Crippen MR) is 90.8 cm³/mol. The molecule has 1 unspecified atom stereocenters. The molecule has 0 radical (unpaired) electrons. The Morgan fingerprint density at radius 1 is 1.00 bits per heavy atom. The van der Waals surface area contributed by atoms with E-state index in [2.05, 4.69) is 44.8 Å². The highest BCUT2D eigenvalue weighted by atomic mass is 79.9. The largest absolute Gasteiger partial charge is 0.0840 e. The first kappa shape index (κ1) is 15.4. The summed E-state index contributed by atoms with van der Waals surface area (Å²) in [6.45, 7) is 4.06. The number of rotatable bonds is 2. The van der Waals surface area contributed by atoms with Crippen LogP contribution in [0.5, 0.6) is 0 Å². The van der Waals surface area contributed by atoms with Crippen molar-refractivity contribution in [2.75, 3.05) is 0 Å². The second-order valence-corrected chi connectivity index (χ2v) is 7.02. The van der Waals surface area contributed by atoms with Gasteiger partial charge in [0.1, 0.15) is 0 Å². The van der Waals surface area contributed by atoms with Crippen LogP contribution in [0, 0.1) is 13.8 Å². The van der Waals surface area contributed by atoms with Crippen molar-refractivity contribution in [1.29, 1.82) is 0 Å². The fourth-order valence-corrected chi connectivity index (χ4v) is 3.80. The molecule has 4 heteroatoms. The molecular weight excluding hydrogens is 411 g/mol. The molecule has 2 rings (SSSR count). The number of benzene rings is 2. The zero-order valence-electron chi connectivity index (χ0n) is 10.5. The molecular formula is C15H12Br2Cl2. The number of hydrogen-bond acceptors (Lipinski definition) is 0. The molecule has 0 amide bonds. The zero-order chi connectivity index (χ0) is 14.2. The maximum absolute atomic E-state index is 6.36. The second-order valence-electron chi connectivity index (χ2n) is 4.46. The Hall–Kier alpha value is -0.0200. The standard InChI is InChI=1S/C15H12Br2Cl2/c1-8-7-13(18)9(2)6-11(8)14(17)10-4-3-5-12(16)15(10)19/h3-7,14H,1-2H3. The quantitative estimate of drug-likeness (QED) is 0.464. The molecule has 100 valence electrons. The van der Waals surface area contributed by atoms with Gasteiger partial charge in [-0.3, -0.25) is 0 Å². The minimum absolute atomic E-state index is 0.0495. The molecule has 2 aromatic rings. The molecule has 0 saturated carbocycles. The normalized spacial score (nSPS) is 12.5. The molecule has 0 aliphatic carbocycles. The van der Waals surface area contributed by atoms with Crippen molar-refractivity contribution in [1.82, 2.24) is 0 Å². The Bertz CT molecular complexity index is 624. The van der Waals surface area contributed by atoms with Crippen LogP contribution in [0.1, 0.15) is 27.1 Å². The van der Waals surface area contributed by atoms with Gasteiger partial charge in [-0.15, -0.1) is 0 Å². The van der Waals surface area contributed by atoms with E-state index in [1.165, 1.54) is 5.56 Å². The third-order valence-corrected chi connectivity index (χ3v) is 5.78. The third kappa shape index (κ3) is 3.18. The predicted octanol–water partition coefficient (Wildman–Crippen LogP) is 6.86. The fourth-order valence-electron chi connectivity index (χ4n) is 1.96. The maximum Gasteiger partial charge on any atom is 0.0662 e. The monoisotopic (exact) mass is 420 g/mol. The summed E-state index contributed by atoms with van der Waals surface area (Å²) in [5.74, 6) is 0. The number of halogens is 4. The topological polar surface area (TPSA) is 0 Å². The van der Waals surface area contributed by atoms with Gasteiger partial charge in [0.15, 0.2) is 0 Å². The molecule has 0 aliphatic heterocycles. The van der Waals surface area contributed by atoms with Crippen LogP contribution < -0.4 is 0 Å². The van der Waals surface area contributed by atoms with Crippen molar-refractivity contribution >= 4 is 55.1 Å². The summed E-state index contributed by atoms with van der Waals surface area (Å²) < 4.78 is 0.902. The second kappa shape index (κ2) is 6.17. The lowest BCUT2D eigenvalue weighted by atomic mass is 9.98. The zero-order valence-corrected chi connectivity index (χ0v) is 15.2.